The Morgan fingerprint density at radius 2 is 0.521 bits per heavy atom. The zero-order valence-electron chi connectivity index (χ0n) is 45.2. The molecule has 0 saturated carbocycles. The SMILES string of the molecule is CC/C=C\C/C=C\C/C=C\C/C=C\C/C=C\C/C=C\C/C=C\CCCC(=O)OCC(COC(=O)CCCCC/C=C\C/C=C\C/C=C\CC)OC(=O)CCCCCCCCC/C=C\C/C=C\C/C=C\CC. The van der Waals surface area contributed by atoms with Gasteiger partial charge in [0, 0.05) is 19.3 Å². The van der Waals surface area contributed by atoms with Crippen LogP contribution in [-0.4, -0.2) is 37.2 Å². The molecule has 6 nitrogen and oxygen atoms in total. The van der Waals surface area contributed by atoms with Crippen LogP contribution in [0.3, 0.4) is 0 Å². The Labute approximate surface area is 435 Å². The van der Waals surface area contributed by atoms with Crippen molar-refractivity contribution >= 4 is 17.9 Å². The van der Waals surface area contributed by atoms with Crippen LogP contribution >= 0.6 is 0 Å². The largest absolute Gasteiger partial charge is 0.462 e. The number of allylic oxidation sites excluding steroid dienone is 26. The molecule has 0 aromatic heterocycles. The molecular weight excluding hydrogens is 877 g/mol. The van der Waals surface area contributed by atoms with Gasteiger partial charge in [0.25, 0.3) is 0 Å². The van der Waals surface area contributed by atoms with Gasteiger partial charge in [-0.25, -0.2) is 0 Å². The molecule has 0 heterocycles. The minimum atomic E-state index is -0.827. The van der Waals surface area contributed by atoms with Crippen molar-refractivity contribution in [2.24, 2.45) is 0 Å². The zero-order chi connectivity index (χ0) is 51.4. The van der Waals surface area contributed by atoms with Crippen molar-refractivity contribution < 1.29 is 28.6 Å². The summed E-state index contributed by atoms with van der Waals surface area (Å²) < 4.78 is 16.8. The molecule has 0 aliphatic rings. The third-order valence-corrected chi connectivity index (χ3v) is 11.0. The first-order valence-electron chi connectivity index (χ1n) is 28.0. The first-order chi connectivity index (χ1) is 35.0. The summed E-state index contributed by atoms with van der Waals surface area (Å²) in [7, 11) is 0. The molecular formula is C65H100O6. The standard InChI is InChI=1S/C65H100O6/c1-4-7-10-13-16-19-22-25-27-29-30-31-32-33-34-36-37-40-43-46-49-52-55-58-64(67)70-61-62(60-69-63(66)57-54-51-48-45-42-39-24-21-18-15-12-9-6-3)71-65(68)59-56-53-50-47-44-41-38-35-28-26-23-20-17-14-11-8-5-2/h7-12,16-21,25-28,30-31,33-34,37,39-40,42,46,49,62H,4-6,13-15,22-24,29,32,35-36,38,41,43-45,47-48,50-61H2,1-3H3/b10-7-,11-8-,12-9-,19-16-,20-17-,21-18-,27-25-,28-26-,31-30-,34-33-,40-37-,42-39-,49-46-. The fourth-order valence-corrected chi connectivity index (χ4v) is 6.93. The molecule has 0 rings (SSSR count). The predicted molar refractivity (Wildman–Crippen MR) is 306 cm³/mol. The van der Waals surface area contributed by atoms with E-state index >= 15 is 0 Å². The van der Waals surface area contributed by atoms with Crippen LogP contribution in [0.25, 0.3) is 0 Å². The molecule has 0 aromatic carbocycles. The maximum Gasteiger partial charge on any atom is 0.306 e. The van der Waals surface area contributed by atoms with Crippen LogP contribution < -0.4 is 0 Å². The summed E-state index contributed by atoms with van der Waals surface area (Å²) in [6, 6.07) is 0. The van der Waals surface area contributed by atoms with Gasteiger partial charge in [-0.05, 0) is 135 Å². The molecule has 396 valence electrons. The van der Waals surface area contributed by atoms with E-state index in [0.29, 0.717) is 19.3 Å². The van der Waals surface area contributed by atoms with Crippen LogP contribution in [0.2, 0.25) is 0 Å². The molecule has 0 fully saturated rings. The summed E-state index contributed by atoms with van der Waals surface area (Å²) in [6.45, 7) is 6.20. The normalized spacial score (nSPS) is 13.3. The Morgan fingerprint density at radius 1 is 0.282 bits per heavy atom. The Morgan fingerprint density at radius 3 is 0.859 bits per heavy atom. The van der Waals surface area contributed by atoms with Crippen molar-refractivity contribution in [3.05, 3.63) is 158 Å². The fourth-order valence-electron chi connectivity index (χ4n) is 6.93. The van der Waals surface area contributed by atoms with Gasteiger partial charge >= 0.3 is 17.9 Å². The number of rotatable bonds is 48. The number of hydrogen-bond donors (Lipinski definition) is 0. The lowest BCUT2D eigenvalue weighted by molar-refractivity contribution is -0.167. The molecule has 0 saturated heterocycles. The van der Waals surface area contributed by atoms with E-state index in [2.05, 4.69) is 179 Å². The number of hydrogen-bond acceptors (Lipinski definition) is 6. The highest BCUT2D eigenvalue weighted by Gasteiger charge is 2.19. The molecule has 0 aliphatic heterocycles. The van der Waals surface area contributed by atoms with Crippen molar-refractivity contribution in [1.82, 2.24) is 0 Å². The highest BCUT2D eigenvalue weighted by atomic mass is 16.6. The van der Waals surface area contributed by atoms with Gasteiger partial charge in [-0.15, -0.1) is 0 Å². The molecule has 0 spiro atoms. The van der Waals surface area contributed by atoms with Crippen LogP contribution in [0.15, 0.2) is 158 Å². The van der Waals surface area contributed by atoms with E-state index in [-0.39, 0.29) is 37.5 Å². The average molecular weight is 978 g/mol. The van der Waals surface area contributed by atoms with E-state index in [1.54, 1.807) is 0 Å². The lowest BCUT2D eigenvalue weighted by atomic mass is 10.1. The summed E-state index contributed by atoms with van der Waals surface area (Å²) in [5, 5.41) is 0. The predicted octanol–water partition coefficient (Wildman–Crippen LogP) is 19.0. The number of carbonyl (C=O) groups excluding carboxylic acids is 3. The second-order valence-electron chi connectivity index (χ2n) is 17.7. The molecule has 0 aromatic rings. The summed E-state index contributed by atoms with van der Waals surface area (Å²) >= 11 is 0. The van der Waals surface area contributed by atoms with E-state index < -0.39 is 6.10 Å². The highest BCUT2D eigenvalue weighted by Crippen LogP contribution is 2.13. The maximum absolute atomic E-state index is 12.8. The minimum absolute atomic E-state index is 0.123. The molecule has 6 heteroatoms. The van der Waals surface area contributed by atoms with Gasteiger partial charge < -0.3 is 14.2 Å². The second kappa shape index (κ2) is 57.6. The Hall–Kier alpha value is -4.97. The summed E-state index contributed by atoms with van der Waals surface area (Å²) in [5.41, 5.74) is 0. The summed E-state index contributed by atoms with van der Waals surface area (Å²) in [5.74, 6) is -1.03. The van der Waals surface area contributed by atoms with Gasteiger partial charge in [-0.1, -0.05) is 217 Å². The van der Waals surface area contributed by atoms with Crippen LogP contribution in [0.1, 0.15) is 213 Å². The van der Waals surface area contributed by atoms with E-state index in [1.165, 1.54) is 19.3 Å². The van der Waals surface area contributed by atoms with E-state index in [4.69, 9.17) is 14.2 Å². The first kappa shape index (κ1) is 66.0. The number of unbranched alkanes of at least 4 members (excludes halogenated alkanes) is 11. The maximum atomic E-state index is 12.8. The monoisotopic (exact) mass is 977 g/mol. The van der Waals surface area contributed by atoms with Gasteiger partial charge in [-0.3, -0.25) is 14.4 Å². The van der Waals surface area contributed by atoms with Crippen molar-refractivity contribution in [1.29, 1.82) is 0 Å². The second-order valence-corrected chi connectivity index (χ2v) is 17.7. The molecule has 0 aliphatic carbocycles. The number of esters is 3. The van der Waals surface area contributed by atoms with Crippen LogP contribution in [0, 0.1) is 0 Å². The lowest BCUT2D eigenvalue weighted by Crippen LogP contribution is -2.30. The lowest BCUT2D eigenvalue weighted by Gasteiger charge is -2.18. The quantitative estimate of drug-likeness (QED) is 0.0262. The van der Waals surface area contributed by atoms with Crippen molar-refractivity contribution in [3.63, 3.8) is 0 Å². The highest BCUT2D eigenvalue weighted by molar-refractivity contribution is 5.71. The first-order valence-corrected chi connectivity index (χ1v) is 28.0. The van der Waals surface area contributed by atoms with Gasteiger partial charge in [0.1, 0.15) is 13.2 Å². The van der Waals surface area contributed by atoms with Crippen molar-refractivity contribution in [3.8, 4) is 0 Å². The van der Waals surface area contributed by atoms with Crippen LogP contribution in [0.4, 0.5) is 0 Å². The van der Waals surface area contributed by atoms with Gasteiger partial charge in [0.15, 0.2) is 6.10 Å². The Balaban J connectivity index is 4.54. The minimum Gasteiger partial charge on any atom is -0.462 e. The Bertz CT molecular complexity index is 1640. The van der Waals surface area contributed by atoms with Gasteiger partial charge in [0.2, 0.25) is 0 Å². The molecule has 0 radical (unpaired) electrons. The molecule has 1 unspecified atom stereocenters. The molecule has 1 atom stereocenters. The molecule has 0 amide bonds. The van der Waals surface area contributed by atoms with Crippen molar-refractivity contribution in [2.75, 3.05) is 13.2 Å². The molecule has 71 heavy (non-hydrogen) atoms. The molecule has 0 bridgehead atoms. The number of ether oxygens (including phenoxy) is 3. The average Bonchev–Trinajstić information content (AvgIpc) is 3.37. The Kier molecular flexibility index (Phi) is 53.6. The van der Waals surface area contributed by atoms with E-state index in [1.807, 2.05) is 0 Å². The van der Waals surface area contributed by atoms with E-state index in [0.717, 1.165) is 148 Å². The van der Waals surface area contributed by atoms with Crippen LogP contribution in [0.5, 0.6) is 0 Å². The molecule has 0 N–H and O–H groups in total. The van der Waals surface area contributed by atoms with E-state index in [9.17, 15) is 14.4 Å². The zero-order valence-corrected chi connectivity index (χ0v) is 45.2. The van der Waals surface area contributed by atoms with Gasteiger partial charge in [0.05, 0.1) is 0 Å². The topological polar surface area (TPSA) is 78.9 Å². The summed E-state index contributed by atoms with van der Waals surface area (Å²) in [6.07, 6.45) is 83.8. The fraction of sp³-hybridized carbons (Fsp3) is 0.554. The third-order valence-electron chi connectivity index (χ3n) is 11.0. The number of carbonyl (C=O) groups is 3. The summed E-state index contributed by atoms with van der Waals surface area (Å²) in [4.78, 5) is 38.1. The van der Waals surface area contributed by atoms with Gasteiger partial charge in [-0.2, -0.15) is 0 Å². The third kappa shape index (κ3) is 55.8. The smallest absolute Gasteiger partial charge is 0.306 e. The van der Waals surface area contributed by atoms with Crippen LogP contribution in [-0.2, 0) is 28.6 Å². The van der Waals surface area contributed by atoms with Crippen molar-refractivity contribution in [2.45, 2.75) is 219 Å².